The van der Waals surface area contributed by atoms with E-state index >= 15 is 0 Å². The summed E-state index contributed by atoms with van der Waals surface area (Å²) in [4.78, 5) is 14.6. The number of rotatable bonds is 3. The van der Waals surface area contributed by atoms with Gasteiger partial charge in [0.05, 0.1) is 6.04 Å². The lowest BCUT2D eigenvalue weighted by molar-refractivity contribution is -0.128. The van der Waals surface area contributed by atoms with E-state index in [4.69, 9.17) is 0 Å². The molecule has 0 aromatic carbocycles. The van der Waals surface area contributed by atoms with Crippen molar-refractivity contribution in [2.24, 2.45) is 0 Å². The molecule has 1 aliphatic heterocycles. The van der Waals surface area contributed by atoms with Crippen LogP contribution in [0.25, 0.3) is 0 Å². The van der Waals surface area contributed by atoms with E-state index in [0.29, 0.717) is 0 Å². The molecule has 0 bridgehead atoms. The average Bonchev–Trinajstić information content (AvgIpc) is 2.67. The van der Waals surface area contributed by atoms with Crippen molar-refractivity contribution < 1.29 is 4.79 Å². The van der Waals surface area contributed by atoms with Crippen LogP contribution in [0, 0.1) is 0 Å². The third kappa shape index (κ3) is 2.65. The molecule has 1 heterocycles. The smallest absolute Gasteiger partial charge is 0.219 e. The Morgan fingerprint density at radius 1 is 1.60 bits per heavy atom. The first-order chi connectivity index (χ1) is 7.11. The van der Waals surface area contributed by atoms with Crippen molar-refractivity contribution in [2.45, 2.75) is 32.7 Å². The summed E-state index contributed by atoms with van der Waals surface area (Å²) in [7, 11) is 0. The fraction of sp³-hybridized carbons (Fsp3) is 0.583. The van der Waals surface area contributed by atoms with E-state index in [1.165, 1.54) is 4.91 Å². The summed E-state index contributed by atoms with van der Waals surface area (Å²) in [6.45, 7) is 8.66. The monoisotopic (exact) mass is 225 g/mol. The van der Waals surface area contributed by atoms with Crippen molar-refractivity contribution in [1.29, 1.82) is 0 Å². The van der Waals surface area contributed by atoms with Gasteiger partial charge in [-0.1, -0.05) is 12.7 Å². The van der Waals surface area contributed by atoms with Crippen LogP contribution in [0.15, 0.2) is 23.1 Å². The standard InChI is InChI=1S/C12H19NOS/c1-5-12(15-4)9(2)11-7-6-8-13(11)10(3)14/h5,11H,2,6-8H2,1,3-4H3. The first kappa shape index (κ1) is 12.4. The Bertz CT molecular complexity index is 296. The van der Waals surface area contributed by atoms with E-state index < -0.39 is 0 Å². The average molecular weight is 225 g/mol. The molecule has 1 saturated heterocycles. The predicted molar refractivity (Wildman–Crippen MR) is 66.8 cm³/mol. The normalized spacial score (nSPS) is 21.9. The zero-order valence-corrected chi connectivity index (χ0v) is 10.6. The van der Waals surface area contributed by atoms with Crippen LogP contribution in [0.1, 0.15) is 26.7 Å². The second-order valence-electron chi connectivity index (χ2n) is 3.75. The van der Waals surface area contributed by atoms with Gasteiger partial charge in [-0.25, -0.2) is 0 Å². The number of allylic oxidation sites excluding steroid dienone is 1. The van der Waals surface area contributed by atoms with Crippen molar-refractivity contribution in [3.8, 4) is 0 Å². The molecule has 0 aromatic rings. The van der Waals surface area contributed by atoms with Gasteiger partial charge in [0.1, 0.15) is 0 Å². The first-order valence-corrected chi connectivity index (χ1v) is 6.51. The number of carbonyl (C=O) groups is 1. The molecule has 0 aromatic heterocycles. The number of amides is 1. The highest BCUT2D eigenvalue weighted by atomic mass is 32.2. The van der Waals surface area contributed by atoms with E-state index in [-0.39, 0.29) is 11.9 Å². The minimum Gasteiger partial charge on any atom is -0.336 e. The summed E-state index contributed by atoms with van der Waals surface area (Å²) >= 11 is 1.70. The van der Waals surface area contributed by atoms with Gasteiger partial charge in [-0.2, -0.15) is 0 Å². The molecule has 0 saturated carbocycles. The van der Waals surface area contributed by atoms with E-state index in [0.717, 1.165) is 25.0 Å². The Labute approximate surface area is 96.4 Å². The maximum Gasteiger partial charge on any atom is 0.219 e. The summed E-state index contributed by atoms with van der Waals surface area (Å²) in [5.41, 5.74) is 1.10. The van der Waals surface area contributed by atoms with Gasteiger partial charge in [-0.05, 0) is 31.6 Å². The molecule has 1 aliphatic rings. The minimum atomic E-state index is 0.162. The predicted octanol–water partition coefficient (Wildman–Crippen LogP) is 2.82. The molecule has 3 heteroatoms. The van der Waals surface area contributed by atoms with E-state index in [2.05, 4.69) is 12.7 Å². The molecule has 15 heavy (non-hydrogen) atoms. The van der Waals surface area contributed by atoms with Crippen molar-refractivity contribution in [3.05, 3.63) is 23.1 Å². The summed E-state index contributed by atoms with van der Waals surface area (Å²) < 4.78 is 0. The lowest BCUT2D eigenvalue weighted by atomic mass is 10.1. The van der Waals surface area contributed by atoms with Gasteiger partial charge in [0.15, 0.2) is 0 Å². The fourth-order valence-corrected chi connectivity index (χ4v) is 2.74. The van der Waals surface area contributed by atoms with Crippen LogP contribution < -0.4 is 0 Å². The Kier molecular flexibility index (Phi) is 4.45. The zero-order chi connectivity index (χ0) is 11.4. The van der Waals surface area contributed by atoms with Crippen LogP contribution in [0.2, 0.25) is 0 Å². The van der Waals surface area contributed by atoms with Crippen LogP contribution >= 0.6 is 11.8 Å². The van der Waals surface area contributed by atoms with Gasteiger partial charge in [0.25, 0.3) is 0 Å². The topological polar surface area (TPSA) is 20.3 Å². The van der Waals surface area contributed by atoms with E-state index in [1.54, 1.807) is 18.7 Å². The maximum absolute atomic E-state index is 11.4. The molecule has 1 amide bonds. The van der Waals surface area contributed by atoms with Crippen LogP contribution in [-0.2, 0) is 4.79 Å². The molecule has 1 unspecified atom stereocenters. The Morgan fingerprint density at radius 2 is 2.27 bits per heavy atom. The van der Waals surface area contributed by atoms with Crippen LogP contribution in [0.5, 0.6) is 0 Å². The second kappa shape index (κ2) is 5.40. The molecule has 2 nitrogen and oxygen atoms in total. The molecule has 1 rings (SSSR count). The molecule has 1 atom stereocenters. The van der Waals surface area contributed by atoms with Crippen molar-refractivity contribution in [1.82, 2.24) is 4.90 Å². The van der Waals surface area contributed by atoms with E-state index in [9.17, 15) is 4.79 Å². The number of thioether (sulfide) groups is 1. The van der Waals surface area contributed by atoms with Gasteiger partial charge in [0.2, 0.25) is 5.91 Å². The largest absolute Gasteiger partial charge is 0.336 e. The van der Waals surface area contributed by atoms with E-state index in [1.807, 2.05) is 18.1 Å². The number of hydrogen-bond acceptors (Lipinski definition) is 2. The minimum absolute atomic E-state index is 0.162. The van der Waals surface area contributed by atoms with Crippen molar-refractivity contribution in [3.63, 3.8) is 0 Å². The summed E-state index contributed by atoms with van der Waals surface area (Å²) in [6.07, 6.45) is 6.27. The van der Waals surface area contributed by atoms with Crippen LogP contribution in [-0.4, -0.2) is 29.6 Å². The lowest BCUT2D eigenvalue weighted by Gasteiger charge is -2.26. The van der Waals surface area contributed by atoms with Crippen molar-refractivity contribution in [2.75, 3.05) is 12.8 Å². The molecular formula is C12H19NOS. The number of hydrogen-bond donors (Lipinski definition) is 0. The van der Waals surface area contributed by atoms with Crippen LogP contribution in [0.4, 0.5) is 0 Å². The zero-order valence-electron chi connectivity index (χ0n) is 9.75. The van der Waals surface area contributed by atoms with Gasteiger partial charge >= 0.3 is 0 Å². The summed E-state index contributed by atoms with van der Waals surface area (Å²) in [5.74, 6) is 0.162. The number of carbonyl (C=O) groups excluding carboxylic acids is 1. The molecule has 84 valence electrons. The summed E-state index contributed by atoms with van der Waals surface area (Å²) in [6, 6.07) is 0.223. The highest BCUT2D eigenvalue weighted by molar-refractivity contribution is 8.02. The van der Waals surface area contributed by atoms with Gasteiger partial charge in [-0.15, -0.1) is 11.8 Å². The third-order valence-electron chi connectivity index (χ3n) is 2.86. The SMILES string of the molecule is C=C(C(=CC)SC)C1CCCN1C(C)=O. The fourth-order valence-electron chi connectivity index (χ4n) is 2.10. The highest BCUT2D eigenvalue weighted by Gasteiger charge is 2.29. The summed E-state index contributed by atoms with van der Waals surface area (Å²) in [5, 5.41) is 0. The molecule has 1 fully saturated rings. The molecular weight excluding hydrogens is 206 g/mol. The highest BCUT2D eigenvalue weighted by Crippen LogP contribution is 2.31. The van der Waals surface area contributed by atoms with Gasteiger partial charge < -0.3 is 4.90 Å². The van der Waals surface area contributed by atoms with Crippen LogP contribution in [0.3, 0.4) is 0 Å². The second-order valence-corrected chi connectivity index (χ2v) is 4.60. The van der Waals surface area contributed by atoms with Gasteiger partial charge in [0, 0.05) is 18.4 Å². The number of nitrogens with zero attached hydrogens (tertiary/aromatic N) is 1. The van der Waals surface area contributed by atoms with Gasteiger partial charge in [-0.3, -0.25) is 4.79 Å². The maximum atomic E-state index is 11.4. The number of likely N-dealkylation sites (tertiary alicyclic amines) is 1. The molecule has 0 spiro atoms. The molecule has 0 radical (unpaired) electrons. The quantitative estimate of drug-likeness (QED) is 0.688. The Morgan fingerprint density at radius 3 is 2.73 bits per heavy atom. The third-order valence-corrected chi connectivity index (χ3v) is 3.80. The molecule has 0 N–H and O–H groups in total. The lowest BCUT2D eigenvalue weighted by Crippen LogP contribution is -2.34. The Hall–Kier alpha value is -0.700. The molecule has 0 aliphatic carbocycles. The Balaban J connectivity index is 2.79. The van der Waals surface area contributed by atoms with Crippen molar-refractivity contribution >= 4 is 17.7 Å². The first-order valence-electron chi connectivity index (χ1n) is 5.28.